The highest BCUT2D eigenvalue weighted by molar-refractivity contribution is 5.83. The van der Waals surface area contributed by atoms with Gasteiger partial charge in [0.2, 0.25) is 0 Å². The summed E-state index contributed by atoms with van der Waals surface area (Å²) in [4.78, 5) is 0. The maximum absolute atomic E-state index is 14.0. The van der Waals surface area contributed by atoms with E-state index in [2.05, 4.69) is 0 Å². The molecule has 2 aromatic carbocycles. The maximum atomic E-state index is 14.0. The summed E-state index contributed by atoms with van der Waals surface area (Å²) >= 11 is 0. The molecule has 0 amide bonds. The van der Waals surface area contributed by atoms with Gasteiger partial charge in [-0.05, 0) is 25.5 Å². The third-order valence-corrected chi connectivity index (χ3v) is 3.01. The summed E-state index contributed by atoms with van der Waals surface area (Å²) in [7, 11) is 0. The van der Waals surface area contributed by atoms with E-state index in [1.165, 1.54) is 25.1 Å². The lowest BCUT2D eigenvalue weighted by Crippen LogP contribution is -1.95. The Bertz CT molecular complexity index is 670. The van der Waals surface area contributed by atoms with E-state index in [0.29, 0.717) is 0 Å². The molecule has 0 N–H and O–H groups in total. The van der Waals surface area contributed by atoms with Crippen molar-refractivity contribution in [2.75, 3.05) is 0 Å². The van der Waals surface area contributed by atoms with Crippen LogP contribution < -0.4 is 0 Å². The van der Waals surface area contributed by atoms with Crippen LogP contribution in [0.2, 0.25) is 0 Å². The number of aryl methyl sites for hydroxylation is 2. The Morgan fingerprint density at radius 3 is 1.82 bits per heavy atom. The average molecular weight is 310 g/mol. The van der Waals surface area contributed by atoms with Crippen molar-refractivity contribution in [3.63, 3.8) is 0 Å². The molecular formula is C18H18F4. The van der Waals surface area contributed by atoms with Crippen LogP contribution in [-0.4, -0.2) is 0 Å². The van der Waals surface area contributed by atoms with Crippen LogP contribution in [0.5, 0.6) is 0 Å². The Labute approximate surface area is 128 Å². The molecule has 0 spiro atoms. The van der Waals surface area contributed by atoms with Crippen molar-refractivity contribution in [3.8, 4) is 0 Å². The van der Waals surface area contributed by atoms with Gasteiger partial charge >= 0.3 is 0 Å². The summed E-state index contributed by atoms with van der Waals surface area (Å²) < 4.78 is 55.0. The molecule has 0 heterocycles. The van der Waals surface area contributed by atoms with E-state index >= 15 is 0 Å². The SMILES string of the molecule is CC.Cc1ccc(/C(F)=C(\F)c2ccc(C)c(F)c2F)cc1. The lowest BCUT2D eigenvalue weighted by Gasteiger charge is -2.06. The Hall–Kier alpha value is -2.10. The van der Waals surface area contributed by atoms with E-state index in [9.17, 15) is 17.6 Å². The predicted octanol–water partition coefficient (Wildman–Crippen LogP) is 6.37. The molecule has 2 aromatic rings. The zero-order chi connectivity index (χ0) is 16.9. The number of benzene rings is 2. The van der Waals surface area contributed by atoms with Crippen LogP contribution in [0.15, 0.2) is 36.4 Å². The first-order valence-electron chi connectivity index (χ1n) is 6.99. The van der Waals surface area contributed by atoms with Gasteiger partial charge in [-0.15, -0.1) is 0 Å². The highest BCUT2D eigenvalue weighted by atomic mass is 19.2. The first-order valence-corrected chi connectivity index (χ1v) is 6.99. The molecule has 0 aliphatic carbocycles. The van der Waals surface area contributed by atoms with E-state index in [4.69, 9.17) is 0 Å². The summed E-state index contributed by atoms with van der Waals surface area (Å²) in [5, 5.41) is 0. The van der Waals surface area contributed by atoms with E-state index in [1.54, 1.807) is 19.1 Å². The zero-order valence-electron chi connectivity index (χ0n) is 13.0. The van der Waals surface area contributed by atoms with Crippen molar-refractivity contribution in [1.82, 2.24) is 0 Å². The minimum Gasteiger partial charge on any atom is -0.203 e. The predicted molar refractivity (Wildman–Crippen MR) is 82.7 cm³/mol. The maximum Gasteiger partial charge on any atom is 0.169 e. The lowest BCUT2D eigenvalue weighted by molar-refractivity contribution is 0.497. The van der Waals surface area contributed by atoms with E-state index < -0.39 is 28.9 Å². The van der Waals surface area contributed by atoms with Crippen molar-refractivity contribution < 1.29 is 17.6 Å². The highest BCUT2D eigenvalue weighted by Gasteiger charge is 2.18. The minimum absolute atomic E-state index is 0.0199. The second-order valence-electron chi connectivity index (χ2n) is 4.55. The average Bonchev–Trinajstić information content (AvgIpc) is 2.54. The molecule has 2 rings (SSSR count). The largest absolute Gasteiger partial charge is 0.203 e. The zero-order valence-corrected chi connectivity index (χ0v) is 13.0. The molecular weight excluding hydrogens is 292 g/mol. The number of rotatable bonds is 2. The van der Waals surface area contributed by atoms with Crippen molar-refractivity contribution in [2.24, 2.45) is 0 Å². The van der Waals surface area contributed by atoms with Gasteiger partial charge in [0.25, 0.3) is 0 Å². The van der Waals surface area contributed by atoms with E-state index in [0.717, 1.165) is 11.6 Å². The van der Waals surface area contributed by atoms with Gasteiger partial charge in [0.1, 0.15) is 0 Å². The van der Waals surface area contributed by atoms with Crippen LogP contribution >= 0.6 is 0 Å². The second-order valence-corrected chi connectivity index (χ2v) is 4.55. The molecule has 0 nitrogen and oxygen atoms in total. The van der Waals surface area contributed by atoms with Crippen LogP contribution in [0.1, 0.15) is 36.1 Å². The van der Waals surface area contributed by atoms with E-state index in [-0.39, 0.29) is 11.1 Å². The fraction of sp³-hybridized carbons (Fsp3) is 0.222. The first-order chi connectivity index (χ1) is 10.4. The second kappa shape index (κ2) is 7.78. The molecule has 0 saturated carbocycles. The number of hydrogen-bond donors (Lipinski definition) is 0. The molecule has 0 bridgehead atoms. The summed E-state index contributed by atoms with van der Waals surface area (Å²) in [5.41, 5.74) is 0.184. The van der Waals surface area contributed by atoms with Gasteiger partial charge in [0, 0.05) is 5.56 Å². The van der Waals surface area contributed by atoms with Crippen LogP contribution in [-0.2, 0) is 0 Å². The van der Waals surface area contributed by atoms with Gasteiger partial charge in [-0.3, -0.25) is 0 Å². The Balaban J connectivity index is 0.00000116. The van der Waals surface area contributed by atoms with Crippen LogP contribution in [0, 0.1) is 25.5 Å². The topological polar surface area (TPSA) is 0 Å². The van der Waals surface area contributed by atoms with Crippen LogP contribution in [0.3, 0.4) is 0 Å². The molecule has 0 unspecified atom stereocenters. The molecule has 0 saturated heterocycles. The van der Waals surface area contributed by atoms with Crippen LogP contribution in [0.4, 0.5) is 17.6 Å². The minimum atomic E-state index is -1.41. The number of halogens is 4. The van der Waals surface area contributed by atoms with Crippen molar-refractivity contribution in [2.45, 2.75) is 27.7 Å². The first kappa shape index (κ1) is 18.0. The number of hydrogen-bond acceptors (Lipinski definition) is 0. The molecule has 0 atom stereocenters. The van der Waals surface area contributed by atoms with Crippen molar-refractivity contribution >= 4 is 11.7 Å². The molecule has 0 aliphatic heterocycles. The molecule has 0 aliphatic rings. The van der Waals surface area contributed by atoms with Gasteiger partial charge in [0.15, 0.2) is 23.3 Å². The van der Waals surface area contributed by atoms with Gasteiger partial charge in [-0.1, -0.05) is 49.7 Å². The third kappa shape index (κ3) is 3.75. The fourth-order valence-electron chi connectivity index (χ4n) is 1.76. The molecule has 0 fully saturated rings. The van der Waals surface area contributed by atoms with E-state index in [1.807, 2.05) is 13.8 Å². The highest BCUT2D eigenvalue weighted by Crippen LogP contribution is 2.31. The summed E-state index contributed by atoms with van der Waals surface area (Å²) in [6.07, 6.45) is 0. The smallest absolute Gasteiger partial charge is 0.169 e. The van der Waals surface area contributed by atoms with Gasteiger partial charge < -0.3 is 0 Å². The van der Waals surface area contributed by atoms with Crippen molar-refractivity contribution in [1.29, 1.82) is 0 Å². The molecule has 22 heavy (non-hydrogen) atoms. The Morgan fingerprint density at radius 2 is 1.27 bits per heavy atom. The summed E-state index contributed by atoms with van der Waals surface area (Å²) in [6.45, 7) is 7.15. The lowest BCUT2D eigenvalue weighted by atomic mass is 10.1. The van der Waals surface area contributed by atoms with Gasteiger partial charge in [0.05, 0.1) is 5.56 Å². The third-order valence-electron chi connectivity index (χ3n) is 3.01. The van der Waals surface area contributed by atoms with Crippen molar-refractivity contribution in [3.05, 3.63) is 70.3 Å². The van der Waals surface area contributed by atoms with Gasteiger partial charge in [-0.2, -0.15) is 0 Å². The fourth-order valence-corrected chi connectivity index (χ4v) is 1.76. The summed E-state index contributed by atoms with van der Waals surface area (Å²) in [6, 6.07) is 8.20. The monoisotopic (exact) mass is 310 g/mol. The molecule has 0 aromatic heterocycles. The Morgan fingerprint density at radius 1 is 0.727 bits per heavy atom. The Kier molecular flexibility index (Phi) is 6.35. The quantitative estimate of drug-likeness (QED) is 0.446. The van der Waals surface area contributed by atoms with Crippen LogP contribution in [0.25, 0.3) is 11.7 Å². The molecule has 4 heteroatoms. The molecule has 0 radical (unpaired) electrons. The normalized spacial score (nSPS) is 11.5. The molecule has 118 valence electrons. The summed E-state index contributed by atoms with van der Waals surface area (Å²) in [5.74, 6) is -5.18. The standard InChI is InChI=1S/C16H12F4.C2H6/c1-9-3-6-11(7-4-9)14(18)16(20)12-8-5-10(2)13(17)15(12)19;1-2/h3-8H,1-2H3;1-2H3/b16-14+;. The van der Waals surface area contributed by atoms with Gasteiger partial charge in [-0.25, -0.2) is 17.6 Å².